The van der Waals surface area contributed by atoms with E-state index in [2.05, 4.69) is 0 Å². The molecule has 0 aromatic heterocycles. The fraction of sp³-hybridized carbons (Fsp3) is 0.533. The van der Waals surface area contributed by atoms with Crippen LogP contribution < -0.4 is 5.73 Å². The van der Waals surface area contributed by atoms with Crippen molar-refractivity contribution in [3.05, 3.63) is 35.6 Å². The van der Waals surface area contributed by atoms with Crippen LogP contribution in [0.3, 0.4) is 0 Å². The molecule has 1 aromatic rings. The van der Waals surface area contributed by atoms with E-state index in [1.165, 1.54) is 12.1 Å². The molecule has 0 spiro atoms. The molecular formula is C15H23FN2O2. The number of halogens is 1. The van der Waals surface area contributed by atoms with E-state index in [1.54, 1.807) is 12.1 Å². The topological polar surface area (TPSA) is 66.6 Å². The fourth-order valence-corrected chi connectivity index (χ4v) is 2.03. The van der Waals surface area contributed by atoms with E-state index >= 15 is 0 Å². The number of hydrogen-bond donors (Lipinski definition) is 2. The highest BCUT2D eigenvalue weighted by molar-refractivity contribution is 5.76. The molecule has 1 fully saturated rings. The summed E-state index contributed by atoms with van der Waals surface area (Å²) in [6.45, 7) is 2.28. The molecule has 1 amide bonds. The second-order valence-electron chi connectivity index (χ2n) is 4.73. The van der Waals surface area contributed by atoms with Gasteiger partial charge in [0.15, 0.2) is 0 Å². The summed E-state index contributed by atoms with van der Waals surface area (Å²) in [6, 6.07) is 6.37. The molecule has 1 saturated heterocycles. The standard InChI is InChI=1S/C13H16FNO.C2H7NO/c14-12-6-3-11(4-7-12)5-8-13(16)15-9-1-2-10-15;3-1-2-4/h3-4,6-7H,1-2,5,8-10H2;4H,1-3H2. The number of aryl methyl sites for hydroxylation is 1. The van der Waals surface area contributed by atoms with Gasteiger partial charge in [0.25, 0.3) is 0 Å². The van der Waals surface area contributed by atoms with Crippen molar-refractivity contribution >= 4 is 5.91 Å². The van der Waals surface area contributed by atoms with Crippen molar-refractivity contribution < 1.29 is 14.3 Å². The Labute approximate surface area is 119 Å². The summed E-state index contributed by atoms with van der Waals surface area (Å²) in [5, 5.41) is 7.75. The number of likely N-dealkylation sites (tertiary alicyclic amines) is 1. The molecule has 2 rings (SSSR count). The number of nitrogens with zero attached hydrogens (tertiary/aromatic N) is 1. The maximum atomic E-state index is 12.7. The first-order valence-electron chi connectivity index (χ1n) is 7.00. The lowest BCUT2D eigenvalue weighted by atomic mass is 10.1. The van der Waals surface area contributed by atoms with Crippen molar-refractivity contribution in [3.63, 3.8) is 0 Å². The summed E-state index contributed by atoms with van der Waals surface area (Å²) in [6.07, 6.45) is 3.49. The van der Waals surface area contributed by atoms with Crippen molar-refractivity contribution in [3.8, 4) is 0 Å². The van der Waals surface area contributed by atoms with Crippen LogP contribution in [0.5, 0.6) is 0 Å². The Bertz CT molecular complexity index is 387. The largest absolute Gasteiger partial charge is 0.395 e. The highest BCUT2D eigenvalue weighted by Gasteiger charge is 2.17. The van der Waals surface area contributed by atoms with Crippen LogP contribution >= 0.6 is 0 Å². The number of carbonyl (C=O) groups excluding carboxylic acids is 1. The first-order chi connectivity index (χ1) is 9.67. The van der Waals surface area contributed by atoms with Gasteiger partial charge in [-0.25, -0.2) is 4.39 Å². The molecule has 0 saturated carbocycles. The molecule has 112 valence electrons. The number of aliphatic hydroxyl groups excluding tert-OH is 1. The number of rotatable bonds is 4. The van der Waals surface area contributed by atoms with E-state index in [1.807, 2.05) is 4.90 Å². The first kappa shape index (κ1) is 16.6. The summed E-state index contributed by atoms with van der Waals surface area (Å²) < 4.78 is 12.7. The third-order valence-corrected chi connectivity index (χ3v) is 3.13. The third-order valence-electron chi connectivity index (χ3n) is 3.13. The van der Waals surface area contributed by atoms with E-state index in [0.717, 1.165) is 31.5 Å². The third kappa shape index (κ3) is 6.12. The van der Waals surface area contributed by atoms with Crippen LogP contribution in [-0.2, 0) is 11.2 Å². The van der Waals surface area contributed by atoms with Gasteiger partial charge in [0.1, 0.15) is 5.82 Å². The van der Waals surface area contributed by atoms with Crippen LogP contribution in [0.4, 0.5) is 4.39 Å². The van der Waals surface area contributed by atoms with Gasteiger partial charge in [0.2, 0.25) is 5.91 Å². The lowest BCUT2D eigenvalue weighted by molar-refractivity contribution is -0.130. The predicted molar refractivity (Wildman–Crippen MR) is 76.7 cm³/mol. The first-order valence-corrected chi connectivity index (χ1v) is 7.00. The van der Waals surface area contributed by atoms with Gasteiger partial charge in [-0.15, -0.1) is 0 Å². The van der Waals surface area contributed by atoms with E-state index < -0.39 is 0 Å². The number of aliphatic hydroxyl groups is 1. The number of carbonyl (C=O) groups is 1. The number of benzene rings is 1. The summed E-state index contributed by atoms with van der Waals surface area (Å²) in [5.74, 6) is -0.00329. The van der Waals surface area contributed by atoms with Crippen molar-refractivity contribution in [1.82, 2.24) is 4.90 Å². The zero-order chi connectivity index (χ0) is 14.8. The minimum atomic E-state index is -0.227. The molecule has 0 bridgehead atoms. The lowest BCUT2D eigenvalue weighted by Crippen LogP contribution is -2.27. The van der Waals surface area contributed by atoms with E-state index in [0.29, 0.717) is 19.4 Å². The molecule has 4 nitrogen and oxygen atoms in total. The number of hydrogen-bond acceptors (Lipinski definition) is 3. The molecular weight excluding hydrogens is 259 g/mol. The Morgan fingerprint density at radius 3 is 2.30 bits per heavy atom. The molecule has 20 heavy (non-hydrogen) atoms. The monoisotopic (exact) mass is 282 g/mol. The average molecular weight is 282 g/mol. The Hall–Kier alpha value is -1.46. The van der Waals surface area contributed by atoms with Gasteiger partial charge in [0.05, 0.1) is 6.61 Å². The summed E-state index contributed by atoms with van der Waals surface area (Å²) in [5.41, 5.74) is 5.80. The SMILES string of the molecule is NCCO.O=C(CCc1ccc(F)cc1)N1CCCC1. The Kier molecular flexibility index (Phi) is 7.84. The Balaban J connectivity index is 0.000000444. The maximum absolute atomic E-state index is 12.7. The van der Waals surface area contributed by atoms with Crippen molar-refractivity contribution in [2.75, 3.05) is 26.2 Å². The fourth-order valence-electron chi connectivity index (χ4n) is 2.03. The van der Waals surface area contributed by atoms with Gasteiger partial charge in [-0.1, -0.05) is 12.1 Å². The van der Waals surface area contributed by atoms with Crippen molar-refractivity contribution in [1.29, 1.82) is 0 Å². The van der Waals surface area contributed by atoms with Crippen LogP contribution in [0.2, 0.25) is 0 Å². The molecule has 0 unspecified atom stereocenters. The zero-order valence-electron chi connectivity index (χ0n) is 11.7. The van der Waals surface area contributed by atoms with Crippen molar-refractivity contribution in [2.24, 2.45) is 5.73 Å². The maximum Gasteiger partial charge on any atom is 0.222 e. The van der Waals surface area contributed by atoms with Crippen LogP contribution in [0.1, 0.15) is 24.8 Å². The molecule has 0 atom stereocenters. The summed E-state index contributed by atoms with van der Waals surface area (Å²) in [7, 11) is 0. The van der Waals surface area contributed by atoms with Crippen LogP contribution in [0, 0.1) is 5.82 Å². The van der Waals surface area contributed by atoms with Gasteiger partial charge >= 0.3 is 0 Å². The highest BCUT2D eigenvalue weighted by atomic mass is 19.1. The van der Waals surface area contributed by atoms with Crippen LogP contribution in [0.15, 0.2) is 24.3 Å². The van der Waals surface area contributed by atoms with Crippen LogP contribution in [0.25, 0.3) is 0 Å². The molecule has 0 aliphatic carbocycles. The average Bonchev–Trinajstić information content (AvgIpc) is 3.01. The molecule has 3 N–H and O–H groups in total. The van der Waals surface area contributed by atoms with Crippen molar-refractivity contribution in [2.45, 2.75) is 25.7 Å². The van der Waals surface area contributed by atoms with Gasteiger partial charge in [-0.2, -0.15) is 0 Å². The molecule has 5 heteroatoms. The minimum absolute atomic E-state index is 0.0972. The van der Waals surface area contributed by atoms with Gasteiger partial charge in [-0.05, 0) is 37.0 Å². The molecule has 1 heterocycles. The Morgan fingerprint density at radius 2 is 1.80 bits per heavy atom. The summed E-state index contributed by atoms with van der Waals surface area (Å²) in [4.78, 5) is 13.7. The molecule has 1 aliphatic rings. The van der Waals surface area contributed by atoms with Gasteiger partial charge in [0, 0.05) is 26.1 Å². The number of amides is 1. The van der Waals surface area contributed by atoms with E-state index in [4.69, 9.17) is 10.8 Å². The van der Waals surface area contributed by atoms with E-state index in [-0.39, 0.29) is 18.3 Å². The quantitative estimate of drug-likeness (QED) is 0.875. The summed E-state index contributed by atoms with van der Waals surface area (Å²) >= 11 is 0. The normalized spacial score (nSPS) is 13.8. The lowest BCUT2D eigenvalue weighted by Gasteiger charge is -2.14. The van der Waals surface area contributed by atoms with Gasteiger partial charge < -0.3 is 15.7 Å². The number of nitrogens with two attached hydrogens (primary N) is 1. The smallest absolute Gasteiger partial charge is 0.222 e. The van der Waals surface area contributed by atoms with Crippen LogP contribution in [-0.4, -0.2) is 42.2 Å². The molecule has 1 aromatic carbocycles. The second-order valence-corrected chi connectivity index (χ2v) is 4.73. The second kappa shape index (κ2) is 9.44. The van der Waals surface area contributed by atoms with Gasteiger partial charge in [-0.3, -0.25) is 4.79 Å². The zero-order valence-corrected chi connectivity index (χ0v) is 11.7. The highest BCUT2D eigenvalue weighted by Crippen LogP contribution is 2.11. The Morgan fingerprint density at radius 1 is 1.25 bits per heavy atom. The minimum Gasteiger partial charge on any atom is -0.395 e. The van der Waals surface area contributed by atoms with E-state index in [9.17, 15) is 9.18 Å². The molecule has 0 radical (unpaired) electrons. The molecule has 1 aliphatic heterocycles. The predicted octanol–water partition coefficient (Wildman–Crippen LogP) is 1.32.